The van der Waals surface area contributed by atoms with Gasteiger partial charge in [-0.1, -0.05) is 18.2 Å². The van der Waals surface area contributed by atoms with Gasteiger partial charge in [0.1, 0.15) is 0 Å². The standard InChI is InChI=1S/C12H10N3/c1-15-8-10(11-6-7-13-14-11)9-4-2-3-5-12(9)15/h2-8H,1H3. The summed E-state index contributed by atoms with van der Waals surface area (Å²) in [6.07, 6.45) is 5.74. The van der Waals surface area contributed by atoms with Gasteiger partial charge in [-0.15, -0.1) is 0 Å². The number of hydrogen-bond donors (Lipinski definition) is 0. The van der Waals surface area contributed by atoms with Crippen LogP contribution in [-0.4, -0.2) is 10.3 Å². The zero-order valence-corrected chi connectivity index (χ0v) is 8.38. The summed E-state index contributed by atoms with van der Waals surface area (Å²) in [5, 5.41) is 5.31. The first-order chi connectivity index (χ1) is 7.36. The molecule has 2 aromatic rings. The summed E-state index contributed by atoms with van der Waals surface area (Å²) in [4.78, 5) is 0. The molecule has 0 unspecified atom stereocenters. The van der Waals surface area contributed by atoms with Gasteiger partial charge in [0.2, 0.25) is 0 Å². The van der Waals surface area contributed by atoms with Crippen molar-refractivity contribution in [2.24, 2.45) is 12.1 Å². The molecule has 1 aromatic carbocycles. The monoisotopic (exact) mass is 196 g/mol. The van der Waals surface area contributed by atoms with Crippen LogP contribution < -0.4 is 5.43 Å². The lowest BCUT2D eigenvalue weighted by Crippen LogP contribution is -1.92. The molecular formula is C12H10N3. The maximum absolute atomic E-state index is 4.09. The minimum Gasteiger partial charge on any atom is -0.350 e. The van der Waals surface area contributed by atoms with E-state index in [4.69, 9.17) is 0 Å². The van der Waals surface area contributed by atoms with Gasteiger partial charge in [-0.05, 0) is 12.1 Å². The lowest BCUT2D eigenvalue weighted by molar-refractivity contribution is 0.962. The van der Waals surface area contributed by atoms with Crippen LogP contribution in [0.2, 0.25) is 0 Å². The molecule has 3 heteroatoms. The highest BCUT2D eigenvalue weighted by atomic mass is 15.3. The van der Waals surface area contributed by atoms with Gasteiger partial charge in [0.15, 0.2) is 0 Å². The van der Waals surface area contributed by atoms with Crippen LogP contribution in [0.4, 0.5) is 0 Å². The van der Waals surface area contributed by atoms with E-state index in [-0.39, 0.29) is 0 Å². The highest BCUT2D eigenvalue weighted by Crippen LogP contribution is 2.22. The van der Waals surface area contributed by atoms with Crippen molar-refractivity contribution in [1.82, 2.24) is 9.99 Å². The van der Waals surface area contributed by atoms with Crippen molar-refractivity contribution in [3.8, 4) is 0 Å². The van der Waals surface area contributed by atoms with Gasteiger partial charge in [-0.25, -0.2) is 0 Å². The average molecular weight is 196 g/mol. The molecular weight excluding hydrogens is 186 g/mol. The Bertz CT molecular complexity index is 576. The lowest BCUT2D eigenvalue weighted by Gasteiger charge is -1.94. The molecule has 0 atom stereocenters. The summed E-state index contributed by atoms with van der Waals surface area (Å²) < 4.78 is 2.11. The molecule has 0 bridgehead atoms. The summed E-state index contributed by atoms with van der Waals surface area (Å²) in [5.74, 6) is 0. The zero-order chi connectivity index (χ0) is 10.3. The fourth-order valence-corrected chi connectivity index (χ4v) is 1.92. The van der Waals surface area contributed by atoms with E-state index >= 15 is 0 Å². The van der Waals surface area contributed by atoms with E-state index in [1.54, 1.807) is 6.20 Å². The van der Waals surface area contributed by atoms with Gasteiger partial charge < -0.3 is 4.57 Å². The predicted molar refractivity (Wildman–Crippen MR) is 60.7 cm³/mol. The van der Waals surface area contributed by atoms with Crippen molar-refractivity contribution in [2.75, 3.05) is 0 Å². The molecule has 0 amide bonds. The number of nitrogens with zero attached hydrogens (tertiary/aromatic N) is 3. The normalized spacial score (nSPS) is 14.3. The topological polar surface area (TPSA) is 31.4 Å². The first kappa shape index (κ1) is 8.29. The fraction of sp³-hybridized carbons (Fsp3) is 0.0833. The Morgan fingerprint density at radius 2 is 2.07 bits per heavy atom. The highest BCUT2D eigenvalue weighted by Gasteiger charge is 2.11. The van der Waals surface area contributed by atoms with E-state index in [0.29, 0.717) is 0 Å². The van der Waals surface area contributed by atoms with Crippen molar-refractivity contribution in [3.63, 3.8) is 0 Å². The van der Waals surface area contributed by atoms with Crippen molar-refractivity contribution in [2.45, 2.75) is 0 Å². The van der Waals surface area contributed by atoms with Gasteiger partial charge in [0.05, 0.1) is 11.9 Å². The Hall–Kier alpha value is -2.03. The molecule has 0 aliphatic carbocycles. The first-order valence-corrected chi connectivity index (χ1v) is 4.85. The lowest BCUT2D eigenvalue weighted by atomic mass is 10.1. The molecule has 3 nitrogen and oxygen atoms in total. The van der Waals surface area contributed by atoms with Gasteiger partial charge in [-0.3, -0.25) is 0 Å². The second-order valence-electron chi connectivity index (χ2n) is 3.59. The number of fused-ring (bicyclic) bond motifs is 1. The minimum absolute atomic E-state index is 0.937. The molecule has 3 rings (SSSR count). The minimum atomic E-state index is 0.937. The SMILES string of the molecule is Cn1cc(C2=N[N]C=C2)c2ccccc21. The third-order valence-corrected chi connectivity index (χ3v) is 2.64. The Morgan fingerprint density at radius 1 is 1.20 bits per heavy atom. The molecule has 1 aliphatic rings. The summed E-state index contributed by atoms with van der Waals surface area (Å²) in [6.45, 7) is 0. The number of aryl methyl sites for hydroxylation is 1. The van der Waals surface area contributed by atoms with Crippen LogP contribution in [0.25, 0.3) is 10.9 Å². The van der Waals surface area contributed by atoms with E-state index in [1.165, 1.54) is 10.9 Å². The Labute approximate surface area is 87.7 Å². The summed E-state index contributed by atoms with van der Waals surface area (Å²) in [6, 6.07) is 8.31. The van der Waals surface area contributed by atoms with Crippen molar-refractivity contribution < 1.29 is 0 Å². The van der Waals surface area contributed by atoms with Crippen molar-refractivity contribution >= 4 is 16.6 Å². The molecule has 1 aromatic heterocycles. The summed E-state index contributed by atoms with van der Waals surface area (Å²) in [5.41, 5.74) is 7.15. The molecule has 0 saturated carbocycles. The number of benzene rings is 1. The van der Waals surface area contributed by atoms with Gasteiger partial charge in [0.25, 0.3) is 0 Å². The van der Waals surface area contributed by atoms with Gasteiger partial charge in [0, 0.05) is 29.7 Å². The van der Waals surface area contributed by atoms with Crippen LogP contribution in [0.3, 0.4) is 0 Å². The average Bonchev–Trinajstić information content (AvgIpc) is 2.87. The molecule has 15 heavy (non-hydrogen) atoms. The number of allylic oxidation sites excluding steroid dienone is 1. The third kappa shape index (κ3) is 1.16. The molecule has 2 heterocycles. The second kappa shape index (κ2) is 2.98. The Balaban J connectivity index is 2.31. The van der Waals surface area contributed by atoms with E-state index in [2.05, 4.69) is 33.4 Å². The van der Waals surface area contributed by atoms with Crippen LogP contribution in [0, 0.1) is 0 Å². The van der Waals surface area contributed by atoms with Gasteiger partial charge in [-0.2, -0.15) is 10.5 Å². The smallest absolute Gasteiger partial charge is 0.0966 e. The van der Waals surface area contributed by atoms with Crippen molar-refractivity contribution in [1.29, 1.82) is 0 Å². The van der Waals surface area contributed by atoms with Crippen LogP contribution in [0.15, 0.2) is 47.8 Å². The summed E-state index contributed by atoms with van der Waals surface area (Å²) >= 11 is 0. The van der Waals surface area contributed by atoms with E-state index in [0.717, 1.165) is 11.3 Å². The van der Waals surface area contributed by atoms with E-state index in [9.17, 15) is 0 Å². The maximum atomic E-state index is 4.09. The fourth-order valence-electron chi connectivity index (χ4n) is 1.92. The van der Waals surface area contributed by atoms with Crippen molar-refractivity contribution in [3.05, 3.63) is 48.3 Å². The molecule has 1 radical (unpaired) electrons. The Morgan fingerprint density at radius 3 is 2.87 bits per heavy atom. The maximum Gasteiger partial charge on any atom is 0.0966 e. The number of rotatable bonds is 1. The molecule has 0 fully saturated rings. The molecule has 0 N–H and O–H groups in total. The Kier molecular flexibility index (Phi) is 1.65. The molecule has 0 saturated heterocycles. The predicted octanol–water partition coefficient (Wildman–Crippen LogP) is 2.01. The van der Waals surface area contributed by atoms with Crippen LogP contribution in [0.1, 0.15) is 5.56 Å². The zero-order valence-electron chi connectivity index (χ0n) is 8.38. The summed E-state index contributed by atoms with van der Waals surface area (Å²) in [7, 11) is 2.04. The van der Waals surface area contributed by atoms with Gasteiger partial charge >= 0.3 is 0 Å². The van der Waals surface area contributed by atoms with Crippen LogP contribution in [0.5, 0.6) is 0 Å². The molecule has 1 aliphatic heterocycles. The van der Waals surface area contributed by atoms with Crippen LogP contribution >= 0.6 is 0 Å². The number of aromatic nitrogens is 1. The first-order valence-electron chi connectivity index (χ1n) is 4.85. The second-order valence-corrected chi connectivity index (χ2v) is 3.59. The molecule has 73 valence electrons. The number of para-hydroxylation sites is 1. The largest absolute Gasteiger partial charge is 0.350 e. The quantitative estimate of drug-likeness (QED) is 0.668. The molecule has 0 spiro atoms. The van der Waals surface area contributed by atoms with Crippen LogP contribution in [-0.2, 0) is 7.05 Å². The highest BCUT2D eigenvalue weighted by molar-refractivity contribution is 6.16. The van der Waals surface area contributed by atoms with E-state index in [1.807, 2.05) is 25.3 Å². The third-order valence-electron chi connectivity index (χ3n) is 2.64. The number of hydrogen-bond acceptors (Lipinski definition) is 1. The van der Waals surface area contributed by atoms with E-state index < -0.39 is 0 Å².